The number of amides is 2. The Morgan fingerprint density at radius 3 is 2.45 bits per heavy atom. The van der Waals surface area contributed by atoms with Crippen molar-refractivity contribution in [3.63, 3.8) is 0 Å². The summed E-state index contributed by atoms with van der Waals surface area (Å²) in [5.41, 5.74) is 8.96. The zero-order valence-corrected chi connectivity index (χ0v) is 18.7. The van der Waals surface area contributed by atoms with Gasteiger partial charge < -0.3 is 10.6 Å². The number of likely N-dealkylation sites (tertiary alicyclic amines) is 1. The summed E-state index contributed by atoms with van der Waals surface area (Å²) < 4.78 is 13.5. The predicted molar refractivity (Wildman–Crippen MR) is 126 cm³/mol. The lowest BCUT2D eigenvalue weighted by atomic mass is 9.69. The predicted octanol–water partition coefficient (Wildman–Crippen LogP) is 4.77. The SMILES string of the molecule is C[C@@H](c1ccc(-c2cccnc2)cc1)N1CCC(CCC(N)=O)(c2ccc(F)cc2)CC1=O. The molecule has 2 atom stereocenters. The highest BCUT2D eigenvalue weighted by molar-refractivity contribution is 5.80. The van der Waals surface area contributed by atoms with Crippen molar-refractivity contribution < 1.29 is 14.0 Å². The van der Waals surface area contributed by atoms with Gasteiger partial charge in [-0.1, -0.05) is 42.5 Å². The van der Waals surface area contributed by atoms with E-state index < -0.39 is 11.3 Å². The summed E-state index contributed by atoms with van der Waals surface area (Å²) in [4.78, 5) is 30.9. The van der Waals surface area contributed by atoms with Crippen LogP contribution in [0.5, 0.6) is 0 Å². The molecule has 0 bridgehead atoms. The van der Waals surface area contributed by atoms with Gasteiger partial charge in [0, 0.05) is 37.2 Å². The molecular formula is C27H28FN3O2. The maximum Gasteiger partial charge on any atom is 0.223 e. The van der Waals surface area contributed by atoms with E-state index in [9.17, 15) is 14.0 Å². The summed E-state index contributed by atoms with van der Waals surface area (Å²) in [7, 11) is 0. The van der Waals surface area contributed by atoms with Crippen LogP contribution < -0.4 is 5.73 Å². The number of benzene rings is 2. The number of primary amides is 1. The highest BCUT2D eigenvalue weighted by Gasteiger charge is 2.41. The highest BCUT2D eigenvalue weighted by Crippen LogP contribution is 2.42. The van der Waals surface area contributed by atoms with Gasteiger partial charge in [-0.05, 0) is 60.2 Å². The summed E-state index contributed by atoms with van der Waals surface area (Å²) in [5, 5.41) is 0. The lowest BCUT2D eigenvalue weighted by molar-refractivity contribution is -0.139. The Balaban J connectivity index is 1.52. The van der Waals surface area contributed by atoms with E-state index in [1.54, 1.807) is 18.3 Å². The molecule has 2 N–H and O–H groups in total. The van der Waals surface area contributed by atoms with Gasteiger partial charge in [-0.15, -0.1) is 0 Å². The van der Waals surface area contributed by atoms with Crippen molar-refractivity contribution >= 4 is 11.8 Å². The molecular weight excluding hydrogens is 417 g/mol. The van der Waals surface area contributed by atoms with Gasteiger partial charge in [0.2, 0.25) is 11.8 Å². The van der Waals surface area contributed by atoms with Crippen LogP contribution in [0.15, 0.2) is 73.1 Å². The van der Waals surface area contributed by atoms with Gasteiger partial charge in [0.1, 0.15) is 5.82 Å². The van der Waals surface area contributed by atoms with Crippen LogP contribution in [0.3, 0.4) is 0 Å². The van der Waals surface area contributed by atoms with Gasteiger partial charge in [0.15, 0.2) is 0 Å². The molecule has 4 rings (SSSR count). The third kappa shape index (κ3) is 4.95. The maximum absolute atomic E-state index is 13.5. The molecule has 0 saturated carbocycles. The fraction of sp³-hybridized carbons (Fsp3) is 0.296. The standard InChI is InChI=1S/C27H28FN3O2/c1-19(20-4-6-21(7-5-20)22-3-2-15-30-18-22)31-16-14-27(17-26(31)33,13-12-25(29)32)23-8-10-24(28)11-9-23/h2-11,15,18-19H,12-14,16-17H2,1H3,(H2,29,32)/t19-,27?/m0/s1. The molecule has 2 heterocycles. The van der Waals surface area contributed by atoms with Gasteiger partial charge >= 0.3 is 0 Å². The van der Waals surface area contributed by atoms with Gasteiger partial charge in [0.05, 0.1) is 6.04 Å². The first-order valence-electron chi connectivity index (χ1n) is 11.2. The summed E-state index contributed by atoms with van der Waals surface area (Å²) >= 11 is 0. The second-order valence-corrected chi connectivity index (χ2v) is 8.81. The van der Waals surface area contributed by atoms with Crippen molar-refractivity contribution in [1.29, 1.82) is 0 Å². The van der Waals surface area contributed by atoms with Crippen LogP contribution in [-0.4, -0.2) is 28.2 Å². The average molecular weight is 446 g/mol. The van der Waals surface area contributed by atoms with E-state index in [0.29, 0.717) is 19.4 Å². The smallest absolute Gasteiger partial charge is 0.223 e. The number of aromatic nitrogens is 1. The van der Waals surface area contributed by atoms with E-state index in [1.807, 2.05) is 42.3 Å². The normalized spacial score (nSPS) is 19.3. The fourth-order valence-corrected chi connectivity index (χ4v) is 4.79. The number of carbonyl (C=O) groups is 2. The molecule has 0 spiro atoms. The number of hydrogen-bond donors (Lipinski definition) is 1. The van der Waals surface area contributed by atoms with E-state index in [2.05, 4.69) is 17.1 Å². The first-order valence-corrected chi connectivity index (χ1v) is 11.2. The van der Waals surface area contributed by atoms with Crippen molar-refractivity contribution in [1.82, 2.24) is 9.88 Å². The lowest BCUT2D eigenvalue weighted by Gasteiger charge is -2.44. The quantitative estimate of drug-likeness (QED) is 0.569. The Morgan fingerprint density at radius 1 is 1.12 bits per heavy atom. The van der Waals surface area contributed by atoms with Crippen molar-refractivity contribution in [2.45, 2.75) is 44.1 Å². The summed E-state index contributed by atoms with van der Waals surface area (Å²) in [6, 6.07) is 18.3. The van der Waals surface area contributed by atoms with E-state index in [-0.39, 0.29) is 30.6 Å². The molecule has 33 heavy (non-hydrogen) atoms. The van der Waals surface area contributed by atoms with Gasteiger partial charge in [-0.2, -0.15) is 0 Å². The molecule has 0 aliphatic carbocycles. The molecule has 170 valence electrons. The first kappa shape index (κ1) is 22.6. The molecule has 1 aliphatic rings. The van der Waals surface area contributed by atoms with Crippen LogP contribution in [0.1, 0.15) is 49.8 Å². The Morgan fingerprint density at radius 2 is 1.85 bits per heavy atom. The molecule has 3 aromatic rings. The molecule has 1 unspecified atom stereocenters. The zero-order valence-electron chi connectivity index (χ0n) is 18.7. The second-order valence-electron chi connectivity index (χ2n) is 8.81. The molecule has 1 aliphatic heterocycles. The molecule has 1 fully saturated rings. The molecule has 6 heteroatoms. The van der Waals surface area contributed by atoms with Crippen molar-refractivity contribution in [3.8, 4) is 11.1 Å². The van der Waals surface area contributed by atoms with Crippen LogP contribution in [0, 0.1) is 5.82 Å². The monoisotopic (exact) mass is 445 g/mol. The van der Waals surface area contributed by atoms with Crippen molar-refractivity contribution in [3.05, 3.63) is 90.0 Å². The van der Waals surface area contributed by atoms with Crippen LogP contribution >= 0.6 is 0 Å². The molecule has 1 saturated heterocycles. The minimum absolute atomic E-state index is 0.0267. The number of carbonyl (C=O) groups excluding carboxylic acids is 2. The third-order valence-corrected chi connectivity index (χ3v) is 6.80. The average Bonchev–Trinajstić information content (AvgIpc) is 2.83. The van der Waals surface area contributed by atoms with Crippen LogP contribution in [0.4, 0.5) is 4.39 Å². The number of nitrogens with zero attached hydrogens (tertiary/aromatic N) is 2. The van der Waals surface area contributed by atoms with Gasteiger partial charge in [0.25, 0.3) is 0 Å². The summed E-state index contributed by atoms with van der Waals surface area (Å²) in [5.74, 6) is -0.691. The van der Waals surface area contributed by atoms with Crippen LogP contribution in [0.25, 0.3) is 11.1 Å². The van der Waals surface area contributed by atoms with Gasteiger partial charge in [-0.3, -0.25) is 14.6 Å². The Kier molecular flexibility index (Phi) is 6.54. The highest BCUT2D eigenvalue weighted by atomic mass is 19.1. The van der Waals surface area contributed by atoms with E-state index >= 15 is 0 Å². The largest absolute Gasteiger partial charge is 0.370 e. The second kappa shape index (κ2) is 9.53. The third-order valence-electron chi connectivity index (χ3n) is 6.80. The van der Waals surface area contributed by atoms with Gasteiger partial charge in [-0.25, -0.2) is 4.39 Å². The Labute approximate surface area is 193 Å². The molecule has 5 nitrogen and oxygen atoms in total. The zero-order chi connectivity index (χ0) is 23.4. The first-order chi connectivity index (χ1) is 15.9. The lowest BCUT2D eigenvalue weighted by Crippen LogP contribution is -2.47. The molecule has 0 radical (unpaired) electrons. The number of piperidine rings is 1. The van der Waals surface area contributed by atoms with E-state index in [0.717, 1.165) is 22.3 Å². The summed E-state index contributed by atoms with van der Waals surface area (Å²) in [6.45, 7) is 2.59. The molecule has 2 amide bonds. The number of halogens is 1. The number of pyridine rings is 1. The minimum atomic E-state index is -0.514. The van der Waals surface area contributed by atoms with Crippen LogP contribution in [-0.2, 0) is 15.0 Å². The van der Waals surface area contributed by atoms with E-state index in [4.69, 9.17) is 5.73 Å². The van der Waals surface area contributed by atoms with Crippen LogP contribution in [0.2, 0.25) is 0 Å². The van der Waals surface area contributed by atoms with E-state index in [1.165, 1.54) is 12.1 Å². The Bertz CT molecular complexity index is 1120. The topological polar surface area (TPSA) is 76.3 Å². The molecule has 1 aromatic heterocycles. The Hall–Kier alpha value is -3.54. The minimum Gasteiger partial charge on any atom is -0.370 e. The van der Waals surface area contributed by atoms with Crippen molar-refractivity contribution in [2.75, 3.05) is 6.54 Å². The number of hydrogen-bond acceptors (Lipinski definition) is 3. The maximum atomic E-state index is 13.5. The van der Waals surface area contributed by atoms with Crippen molar-refractivity contribution in [2.24, 2.45) is 5.73 Å². The fourth-order valence-electron chi connectivity index (χ4n) is 4.79. The summed E-state index contributed by atoms with van der Waals surface area (Å²) in [6.07, 6.45) is 5.20. The number of rotatable bonds is 7. The number of nitrogens with two attached hydrogens (primary N) is 1. The molecule has 2 aromatic carbocycles.